The maximum atomic E-state index is 14.7. The second-order valence-corrected chi connectivity index (χ2v) is 8.28. The highest BCUT2D eigenvalue weighted by atomic mass is 19.1. The number of methoxy groups -OCH3 is 1. The fourth-order valence-corrected chi connectivity index (χ4v) is 3.74. The van der Waals surface area contributed by atoms with Crippen LogP contribution in [0.15, 0.2) is 65.7 Å². The van der Waals surface area contributed by atoms with Gasteiger partial charge in [-0.3, -0.25) is 4.68 Å². The normalized spacial score (nSPS) is 15.9. The van der Waals surface area contributed by atoms with Crippen LogP contribution in [0.1, 0.15) is 40.3 Å². The van der Waals surface area contributed by atoms with E-state index in [-0.39, 0.29) is 5.89 Å². The lowest BCUT2D eigenvalue weighted by Crippen LogP contribution is -2.29. The summed E-state index contributed by atoms with van der Waals surface area (Å²) in [7, 11) is 1.35. The summed E-state index contributed by atoms with van der Waals surface area (Å²) in [5, 5.41) is 8.62. The van der Waals surface area contributed by atoms with Crippen LogP contribution in [0.5, 0.6) is 0 Å². The quantitative estimate of drug-likeness (QED) is 0.342. The fourth-order valence-electron chi connectivity index (χ4n) is 3.74. The van der Waals surface area contributed by atoms with Gasteiger partial charge in [0.05, 0.1) is 19.2 Å². The van der Waals surface area contributed by atoms with Crippen LogP contribution in [0, 0.1) is 6.92 Å². The van der Waals surface area contributed by atoms with E-state index in [0.29, 0.717) is 55.3 Å². The van der Waals surface area contributed by atoms with Gasteiger partial charge in [0.1, 0.15) is 5.67 Å². The van der Waals surface area contributed by atoms with Crippen molar-refractivity contribution in [2.75, 3.05) is 20.3 Å². The number of alkyl halides is 1. The van der Waals surface area contributed by atoms with Gasteiger partial charge in [-0.2, -0.15) is 10.1 Å². The monoisotopic (exact) mass is 478 g/mol. The Morgan fingerprint density at radius 3 is 2.86 bits per heavy atom. The zero-order valence-electron chi connectivity index (χ0n) is 19.7. The molecule has 0 N–H and O–H groups in total. The molecule has 1 aliphatic heterocycles. The number of aryl methyl sites for hydroxylation is 1. The number of ether oxygens (including phenoxy) is 2. The minimum Gasteiger partial charge on any atom is -0.465 e. The van der Waals surface area contributed by atoms with Gasteiger partial charge in [-0.1, -0.05) is 42.1 Å². The molecule has 1 aliphatic rings. The molecule has 2 aromatic heterocycles. The molecule has 8 nitrogen and oxygen atoms in total. The average Bonchev–Trinajstić information content (AvgIpc) is 3.49. The van der Waals surface area contributed by atoms with Crippen LogP contribution in [0.2, 0.25) is 0 Å². The second-order valence-electron chi connectivity index (χ2n) is 8.28. The molecule has 3 aromatic rings. The molecule has 0 atom stereocenters. The molecule has 9 heteroatoms. The van der Waals surface area contributed by atoms with Crippen molar-refractivity contribution in [3.05, 3.63) is 83.9 Å². The summed E-state index contributed by atoms with van der Waals surface area (Å²) in [6.45, 7) is 7.00. The minimum atomic E-state index is -1.37. The van der Waals surface area contributed by atoms with Crippen molar-refractivity contribution in [3.63, 3.8) is 0 Å². The molecule has 1 saturated heterocycles. The van der Waals surface area contributed by atoms with Crippen molar-refractivity contribution in [1.29, 1.82) is 0 Å². The zero-order chi connectivity index (χ0) is 24.8. The van der Waals surface area contributed by atoms with E-state index in [2.05, 4.69) is 21.8 Å². The Morgan fingerprint density at radius 2 is 2.11 bits per heavy atom. The van der Waals surface area contributed by atoms with Crippen molar-refractivity contribution in [3.8, 4) is 11.6 Å². The highest BCUT2D eigenvalue weighted by Crippen LogP contribution is 2.27. The van der Waals surface area contributed by atoms with Crippen molar-refractivity contribution in [2.24, 2.45) is 0 Å². The number of carbonyl (C=O) groups excluding carboxylic acids is 1. The topological polar surface area (TPSA) is 92.3 Å². The standard InChI is InChI=1S/C26H27FN4O4/c1-4-20(9-6-10-26(27)11-13-34-14-12-26)23-28-24(35-30-23)22-15-18(2)31(29-22)17-19-7-5-8-21(16-19)25(32)33-3/h4-10,15-16H,1,11-14,17H2,2-3H3. The number of rotatable bonds is 8. The van der Waals surface area contributed by atoms with Crippen molar-refractivity contribution < 1.29 is 23.2 Å². The highest BCUT2D eigenvalue weighted by molar-refractivity contribution is 5.89. The van der Waals surface area contributed by atoms with Crippen LogP contribution in [-0.4, -0.2) is 51.9 Å². The molecule has 0 bridgehead atoms. The van der Waals surface area contributed by atoms with Crippen LogP contribution in [0.3, 0.4) is 0 Å². The van der Waals surface area contributed by atoms with Crippen LogP contribution >= 0.6 is 0 Å². The summed E-state index contributed by atoms with van der Waals surface area (Å²) in [6, 6.07) is 9.03. The maximum Gasteiger partial charge on any atom is 0.337 e. The molecule has 0 unspecified atom stereocenters. The van der Waals surface area contributed by atoms with Gasteiger partial charge in [0.15, 0.2) is 5.69 Å². The summed E-state index contributed by atoms with van der Waals surface area (Å²) in [5.74, 6) is 0.198. The van der Waals surface area contributed by atoms with Gasteiger partial charge >= 0.3 is 5.97 Å². The molecule has 35 heavy (non-hydrogen) atoms. The van der Waals surface area contributed by atoms with Gasteiger partial charge in [0.2, 0.25) is 5.82 Å². The van der Waals surface area contributed by atoms with Crippen LogP contribution in [0.25, 0.3) is 17.2 Å². The summed E-state index contributed by atoms with van der Waals surface area (Å²) in [5.41, 5.74) is 2.01. The molecular weight excluding hydrogens is 451 g/mol. The van der Waals surface area contributed by atoms with E-state index in [9.17, 15) is 9.18 Å². The summed E-state index contributed by atoms with van der Waals surface area (Å²) in [6.07, 6.45) is 7.16. The lowest BCUT2D eigenvalue weighted by Gasteiger charge is -2.26. The van der Waals surface area contributed by atoms with E-state index >= 15 is 0 Å². The van der Waals surface area contributed by atoms with Crippen LogP contribution in [-0.2, 0) is 16.0 Å². The third-order valence-corrected chi connectivity index (χ3v) is 5.78. The predicted octanol–water partition coefficient (Wildman–Crippen LogP) is 4.72. The van der Waals surface area contributed by atoms with E-state index in [1.807, 2.05) is 19.1 Å². The lowest BCUT2D eigenvalue weighted by atomic mass is 9.96. The Bertz CT molecular complexity index is 1270. The van der Waals surface area contributed by atoms with Crippen molar-refractivity contribution >= 4 is 11.5 Å². The van der Waals surface area contributed by atoms with E-state index in [1.54, 1.807) is 47.2 Å². The Kier molecular flexibility index (Phi) is 7.36. The van der Waals surface area contributed by atoms with Gasteiger partial charge in [0.25, 0.3) is 5.89 Å². The first-order chi connectivity index (χ1) is 16.9. The molecular formula is C26H27FN4O4. The van der Waals surface area contributed by atoms with Gasteiger partial charge in [-0.15, -0.1) is 0 Å². The zero-order valence-corrected chi connectivity index (χ0v) is 19.7. The average molecular weight is 479 g/mol. The van der Waals surface area contributed by atoms with Gasteiger partial charge in [-0.05, 0) is 36.8 Å². The summed E-state index contributed by atoms with van der Waals surface area (Å²) in [4.78, 5) is 16.2. The Balaban J connectivity index is 1.50. The maximum absolute atomic E-state index is 14.7. The fraction of sp³-hybridized carbons (Fsp3) is 0.308. The number of hydrogen-bond acceptors (Lipinski definition) is 7. The van der Waals surface area contributed by atoms with E-state index < -0.39 is 11.6 Å². The first-order valence-corrected chi connectivity index (χ1v) is 11.3. The van der Waals surface area contributed by atoms with Crippen LogP contribution < -0.4 is 0 Å². The second kappa shape index (κ2) is 10.6. The number of aromatic nitrogens is 4. The van der Waals surface area contributed by atoms with Crippen LogP contribution in [0.4, 0.5) is 4.39 Å². The SMILES string of the molecule is C=CC(=CC=CC1(F)CCOCC1)c1noc(-c2cc(C)n(Cc3cccc(C(=O)OC)c3)n2)n1. The largest absolute Gasteiger partial charge is 0.465 e. The highest BCUT2D eigenvalue weighted by Gasteiger charge is 2.28. The number of esters is 1. The number of benzene rings is 1. The molecule has 0 radical (unpaired) electrons. The van der Waals surface area contributed by atoms with Crippen molar-refractivity contribution in [2.45, 2.75) is 32.0 Å². The molecule has 4 rings (SSSR count). The number of halogens is 1. The minimum absolute atomic E-state index is 0.258. The third-order valence-electron chi connectivity index (χ3n) is 5.78. The molecule has 1 fully saturated rings. The summed E-state index contributed by atoms with van der Waals surface area (Å²) < 4.78 is 32.0. The number of nitrogens with zero attached hydrogens (tertiary/aromatic N) is 4. The summed E-state index contributed by atoms with van der Waals surface area (Å²) >= 11 is 0. The molecule has 0 saturated carbocycles. The molecule has 0 amide bonds. The Morgan fingerprint density at radius 1 is 1.31 bits per heavy atom. The molecule has 1 aromatic carbocycles. The Hall–Kier alpha value is -3.85. The predicted molar refractivity (Wildman–Crippen MR) is 128 cm³/mol. The first-order valence-electron chi connectivity index (χ1n) is 11.3. The number of allylic oxidation sites excluding steroid dienone is 5. The van der Waals surface area contributed by atoms with E-state index in [0.717, 1.165) is 11.3 Å². The molecule has 0 spiro atoms. The molecule has 3 heterocycles. The van der Waals surface area contributed by atoms with Crippen molar-refractivity contribution in [1.82, 2.24) is 19.9 Å². The van der Waals surface area contributed by atoms with E-state index in [1.165, 1.54) is 7.11 Å². The molecule has 182 valence electrons. The number of hydrogen-bond donors (Lipinski definition) is 0. The van der Waals surface area contributed by atoms with Gasteiger partial charge in [-0.25, -0.2) is 9.18 Å². The third kappa shape index (κ3) is 5.81. The lowest BCUT2D eigenvalue weighted by molar-refractivity contribution is 0.0171. The Labute approximate surface area is 202 Å². The smallest absolute Gasteiger partial charge is 0.337 e. The first kappa shape index (κ1) is 24.3. The van der Waals surface area contributed by atoms with E-state index in [4.69, 9.17) is 14.0 Å². The molecule has 0 aliphatic carbocycles. The van der Waals surface area contributed by atoms with Gasteiger partial charge in [0, 0.05) is 37.3 Å². The number of carbonyl (C=O) groups is 1. The van der Waals surface area contributed by atoms with Gasteiger partial charge < -0.3 is 14.0 Å².